The maximum Gasteiger partial charge on any atom is 0.266 e. The van der Waals surface area contributed by atoms with E-state index in [0.717, 1.165) is 31.4 Å². The van der Waals surface area contributed by atoms with Crippen molar-refractivity contribution in [3.63, 3.8) is 0 Å². The van der Waals surface area contributed by atoms with Crippen LogP contribution in [0.15, 0.2) is 35.1 Å². The molecule has 28 heavy (non-hydrogen) atoms. The summed E-state index contributed by atoms with van der Waals surface area (Å²) in [5.74, 6) is 1.55. The number of nitrogens with zero attached hydrogens (tertiary/aromatic N) is 3. The highest BCUT2D eigenvalue weighted by molar-refractivity contribution is 5.98. The predicted molar refractivity (Wildman–Crippen MR) is 102 cm³/mol. The zero-order valence-corrected chi connectivity index (χ0v) is 15.7. The number of amides is 1. The van der Waals surface area contributed by atoms with E-state index < -0.39 is 0 Å². The highest BCUT2D eigenvalue weighted by Crippen LogP contribution is 2.38. The van der Waals surface area contributed by atoms with E-state index in [1.165, 1.54) is 4.68 Å². The van der Waals surface area contributed by atoms with Crippen molar-refractivity contribution in [2.75, 3.05) is 19.8 Å². The molecule has 7 heteroatoms. The topological polar surface area (TPSA) is 73.7 Å². The zero-order chi connectivity index (χ0) is 19.1. The van der Waals surface area contributed by atoms with Crippen LogP contribution in [0.3, 0.4) is 0 Å². The molecule has 1 amide bonds. The summed E-state index contributed by atoms with van der Waals surface area (Å²) in [4.78, 5) is 27.4. The first-order chi connectivity index (χ1) is 13.7. The molecular weight excluding hydrogens is 358 g/mol. The van der Waals surface area contributed by atoms with E-state index in [0.29, 0.717) is 49.3 Å². The van der Waals surface area contributed by atoms with Gasteiger partial charge in [-0.05, 0) is 43.9 Å². The lowest BCUT2D eigenvalue weighted by Crippen LogP contribution is -2.41. The monoisotopic (exact) mass is 381 g/mol. The third-order valence-electron chi connectivity index (χ3n) is 5.70. The number of fused-ring (bicyclic) bond motifs is 1. The molecule has 1 unspecified atom stereocenters. The molecule has 7 nitrogen and oxygen atoms in total. The number of benzene rings is 1. The van der Waals surface area contributed by atoms with Crippen molar-refractivity contribution < 1.29 is 14.3 Å². The van der Waals surface area contributed by atoms with Crippen LogP contribution in [0.4, 0.5) is 0 Å². The normalized spacial score (nSPS) is 21.0. The number of carbonyl (C=O) groups is 1. The lowest BCUT2D eigenvalue weighted by molar-refractivity contribution is 0.0710. The molecular formula is C21H23N3O4. The van der Waals surface area contributed by atoms with Crippen LogP contribution in [0.1, 0.15) is 47.7 Å². The van der Waals surface area contributed by atoms with E-state index in [-0.39, 0.29) is 17.5 Å². The van der Waals surface area contributed by atoms with Gasteiger partial charge in [-0.3, -0.25) is 9.59 Å². The molecule has 1 aliphatic carbocycles. The van der Waals surface area contributed by atoms with Crippen LogP contribution < -0.4 is 15.0 Å². The van der Waals surface area contributed by atoms with Crippen LogP contribution in [0.25, 0.3) is 0 Å². The fraction of sp³-hybridized carbons (Fsp3) is 0.476. The van der Waals surface area contributed by atoms with Crippen LogP contribution in [-0.4, -0.2) is 46.4 Å². The Labute approximate surface area is 162 Å². The molecule has 0 bridgehead atoms. The minimum atomic E-state index is -0.113. The molecule has 1 atom stereocenters. The standard InChI is InChI=1S/C21H23N3O4/c25-19-9-8-17(14-6-7-14)22-24(19)13-15-3-2-10-23(15)21(26)16-4-1-5-18-20(16)28-12-11-27-18/h1,4-5,8-9,14-15H,2-3,6-7,10-13H2. The number of ether oxygens (including phenoxy) is 2. The van der Waals surface area contributed by atoms with Crippen LogP contribution >= 0.6 is 0 Å². The molecule has 1 saturated heterocycles. The summed E-state index contributed by atoms with van der Waals surface area (Å²) in [6.07, 6.45) is 4.06. The van der Waals surface area contributed by atoms with Gasteiger partial charge in [-0.2, -0.15) is 5.10 Å². The van der Waals surface area contributed by atoms with E-state index in [1.807, 2.05) is 23.1 Å². The number of rotatable bonds is 4. The number of para-hydroxylation sites is 1. The van der Waals surface area contributed by atoms with Crippen LogP contribution in [-0.2, 0) is 6.54 Å². The molecule has 0 spiro atoms. The fourth-order valence-electron chi connectivity index (χ4n) is 4.08. The number of aromatic nitrogens is 2. The van der Waals surface area contributed by atoms with Gasteiger partial charge in [0, 0.05) is 18.5 Å². The Morgan fingerprint density at radius 2 is 1.96 bits per heavy atom. The molecule has 3 aliphatic rings. The molecule has 1 aromatic carbocycles. The molecule has 146 valence electrons. The smallest absolute Gasteiger partial charge is 0.266 e. The summed E-state index contributed by atoms with van der Waals surface area (Å²) in [5.41, 5.74) is 1.40. The van der Waals surface area contributed by atoms with Gasteiger partial charge < -0.3 is 14.4 Å². The zero-order valence-electron chi connectivity index (χ0n) is 15.7. The summed E-state index contributed by atoms with van der Waals surface area (Å²) in [6, 6.07) is 8.80. The third-order valence-corrected chi connectivity index (χ3v) is 5.70. The Kier molecular flexibility index (Phi) is 4.30. The Hall–Kier alpha value is -2.83. The summed E-state index contributed by atoms with van der Waals surface area (Å²) >= 11 is 0. The van der Waals surface area contributed by atoms with Gasteiger partial charge in [0.25, 0.3) is 11.5 Å². The van der Waals surface area contributed by atoms with Crippen molar-refractivity contribution in [3.8, 4) is 11.5 Å². The van der Waals surface area contributed by atoms with Gasteiger partial charge in [-0.25, -0.2) is 4.68 Å². The quantitative estimate of drug-likeness (QED) is 0.812. The first-order valence-electron chi connectivity index (χ1n) is 9.98. The lowest BCUT2D eigenvalue weighted by Gasteiger charge is -2.27. The molecule has 0 N–H and O–H groups in total. The highest BCUT2D eigenvalue weighted by atomic mass is 16.6. The average Bonchev–Trinajstić information content (AvgIpc) is 3.47. The van der Waals surface area contributed by atoms with E-state index in [1.54, 1.807) is 12.1 Å². The molecule has 2 aliphatic heterocycles. The second-order valence-electron chi connectivity index (χ2n) is 7.68. The van der Waals surface area contributed by atoms with E-state index >= 15 is 0 Å². The first kappa shape index (κ1) is 17.3. The van der Waals surface area contributed by atoms with E-state index in [4.69, 9.17) is 9.47 Å². The molecule has 2 fully saturated rings. The first-order valence-corrected chi connectivity index (χ1v) is 9.98. The number of likely N-dealkylation sites (tertiary alicyclic amines) is 1. The van der Waals surface area contributed by atoms with Gasteiger partial charge in [-0.15, -0.1) is 0 Å². The summed E-state index contributed by atoms with van der Waals surface area (Å²) in [6.45, 7) is 2.03. The minimum Gasteiger partial charge on any atom is -0.486 e. The van der Waals surface area contributed by atoms with E-state index in [2.05, 4.69) is 5.10 Å². The largest absolute Gasteiger partial charge is 0.486 e. The van der Waals surface area contributed by atoms with Crippen molar-refractivity contribution in [1.29, 1.82) is 0 Å². The molecule has 1 aromatic heterocycles. The SMILES string of the molecule is O=C(c1cccc2c1OCCO2)N1CCCC1Cn1nc(C2CC2)ccc1=O. The van der Waals surface area contributed by atoms with Crippen LogP contribution in [0, 0.1) is 0 Å². The maximum atomic E-state index is 13.3. The Morgan fingerprint density at radius 3 is 2.82 bits per heavy atom. The van der Waals surface area contributed by atoms with Gasteiger partial charge in [-0.1, -0.05) is 6.07 Å². The summed E-state index contributed by atoms with van der Waals surface area (Å²) in [5, 5.41) is 4.56. The Bertz CT molecular complexity index is 966. The van der Waals surface area contributed by atoms with Crippen molar-refractivity contribution in [3.05, 3.63) is 51.9 Å². The molecule has 2 aromatic rings. The number of hydrogen-bond donors (Lipinski definition) is 0. The lowest BCUT2D eigenvalue weighted by atomic mass is 10.1. The molecule has 3 heterocycles. The average molecular weight is 381 g/mol. The van der Waals surface area contributed by atoms with Crippen molar-refractivity contribution in [2.45, 2.75) is 44.2 Å². The van der Waals surface area contributed by atoms with Crippen LogP contribution in [0.5, 0.6) is 11.5 Å². The Morgan fingerprint density at radius 1 is 1.11 bits per heavy atom. The van der Waals surface area contributed by atoms with Gasteiger partial charge in [0.1, 0.15) is 13.2 Å². The fourth-order valence-corrected chi connectivity index (χ4v) is 4.08. The summed E-state index contributed by atoms with van der Waals surface area (Å²) in [7, 11) is 0. The number of hydrogen-bond acceptors (Lipinski definition) is 5. The van der Waals surface area contributed by atoms with Gasteiger partial charge in [0.05, 0.1) is 23.8 Å². The van der Waals surface area contributed by atoms with Gasteiger partial charge >= 0.3 is 0 Å². The molecule has 0 radical (unpaired) electrons. The van der Waals surface area contributed by atoms with Gasteiger partial charge in [0.2, 0.25) is 0 Å². The maximum absolute atomic E-state index is 13.3. The second-order valence-corrected chi connectivity index (χ2v) is 7.68. The van der Waals surface area contributed by atoms with Gasteiger partial charge in [0.15, 0.2) is 11.5 Å². The predicted octanol–water partition coefficient (Wildman–Crippen LogP) is 2.20. The number of carbonyl (C=O) groups excluding carboxylic acids is 1. The van der Waals surface area contributed by atoms with Crippen LogP contribution in [0.2, 0.25) is 0 Å². The summed E-state index contributed by atoms with van der Waals surface area (Å²) < 4.78 is 12.9. The van der Waals surface area contributed by atoms with E-state index in [9.17, 15) is 9.59 Å². The van der Waals surface area contributed by atoms with Crippen molar-refractivity contribution >= 4 is 5.91 Å². The minimum absolute atomic E-state index is 0.0486. The highest BCUT2D eigenvalue weighted by Gasteiger charge is 2.33. The van der Waals surface area contributed by atoms with Crippen molar-refractivity contribution in [2.24, 2.45) is 0 Å². The molecule has 5 rings (SSSR count). The third kappa shape index (κ3) is 3.15. The molecule has 1 saturated carbocycles. The Balaban J connectivity index is 1.40. The van der Waals surface area contributed by atoms with Crippen molar-refractivity contribution in [1.82, 2.24) is 14.7 Å². The second kappa shape index (κ2) is 6.96.